The van der Waals surface area contributed by atoms with Gasteiger partial charge in [-0.15, -0.1) is 0 Å². The molecule has 2 aromatic rings. The van der Waals surface area contributed by atoms with Crippen molar-refractivity contribution >= 4 is 16.7 Å². The predicted molar refractivity (Wildman–Crippen MR) is 108 cm³/mol. The fourth-order valence-corrected chi connectivity index (χ4v) is 3.62. The van der Waals surface area contributed by atoms with E-state index >= 15 is 0 Å². The summed E-state index contributed by atoms with van der Waals surface area (Å²) in [7, 11) is 0. The Morgan fingerprint density at radius 1 is 0.931 bits per heavy atom. The van der Waals surface area contributed by atoms with Crippen molar-refractivity contribution in [3.8, 4) is 5.75 Å². The van der Waals surface area contributed by atoms with E-state index in [2.05, 4.69) is 0 Å². The number of hydrogen-bond acceptors (Lipinski definition) is 5. The van der Waals surface area contributed by atoms with Crippen LogP contribution in [-0.4, -0.2) is 67.1 Å². The fraction of sp³-hybridized carbons (Fsp3) is 0.522. The minimum absolute atomic E-state index is 0.0490. The van der Waals surface area contributed by atoms with Crippen LogP contribution in [0.3, 0.4) is 0 Å². The first-order valence-electron chi connectivity index (χ1n) is 10.1. The number of nitrogens with zero attached hydrogens (tertiary/aromatic N) is 1. The molecule has 0 bridgehead atoms. The lowest BCUT2D eigenvalue weighted by Crippen LogP contribution is -2.43. The lowest BCUT2D eigenvalue weighted by molar-refractivity contribution is 0.0660. The van der Waals surface area contributed by atoms with Gasteiger partial charge in [-0.05, 0) is 37.6 Å². The summed E-state index contributed by atoms with van der Waals surface area (Å²) in [5.41, 5.74) is -0.208. The molecule has 5 rings (SSSR count). The van der Waals surface area contributed by atoms with Crippen LogP contribution in [0.25, 0.3) is 10.8 Å². The van der Waals surface area contributed by atoms with Crippen molar-refractivity contribution in [3.63, 3.8) is 0 Å². The third kappa shape index (κ3) is 3.97. The minimum atomic E-state index is -0.276. The van der Waals surface area contributed by atoms with Crippen molar-refractivity contribution in [1.29, 1.82) is 0 Å². The lowest BCUT2D eigenvalue weighted by atomic mass is 10.0. The summed E-state index contributed by atoms with van der Waals surface area (Å²) >= 11 is 0. The van der Waals surface area contributed by atoms with Crippen LogP contribution in [0, 0.1) is 0 Å². The van der Waals surface area contributed by atoms with Crippen molar-refractivity contribution in [2.75, 3.05) is 39.5 Å². The van der Waals surface area contributed by atoms with E-state index in [4.69, 9.17) is 18.9 Å². The van der Waals surface area contributed by atoms with Crippen molar-refractivity contribution in [3.05, 3.63) is 42.0 Å². The molecule has 0 aromatic heterocycles. The number of benzene rings is 2. The van der Waals surface area contributed by atoms with Crippen molar-refractivity contribution in [1.82, 2.24) is 4.90 Å². The second-order valence-corrected chi connectivity index (χ2v) is 9.33. The molecule has 3 aliphatic rings. The number of carbonyl (C=O) groups excluding carboxylic acids is 1. The highest BCUT2D eigenvalue weighted by Gasteiger charge is 2.47. The quantitative estimate of drug-likeness (QED) is 0.641. The number of hydrogen-bond donors (Lipinski definition) is 0. The molecule has 0 radical (unpaired) electrons. The molecule has 29 heavy (non-hydrogen) atoms. The molecule has 3 unspecified atom stereocenters. The summed E-state index contributed by atoms with van der Waals surface area (Å²) in [6.45, 7) is 9.60. The summed E-state index contributed by atoms with van der Waals surface area (Å²) in [6.07, 6.45) is 0. The Labute approximate surface area is 170 Å². The highest BCUT2D eigenvalue weighted by atomic mass is 16.6. The van der Waals surface area contributed by atoms with E-state index in [1.165, 1.54) is 0 Å². The molecule has 0 N–H and O–H groups in total. The zero-order valence-corrected chi connectivity index (χ0v) is 17.2. The third-order valence-electron chi connectivity index (χ3n) is 5.89. The van der Waals surface area contributed by atoms with Crippen LogP contribution in [-0.2, 0) is 14.2 Å². The van der Waals surface area contributed by atoms with Crippen LogP contribution in [0.2, 0.25) is 0 Å². The zero-order chi connectivity index (χ0) is 20.3. The molecule has 3 atom stereocenters. The molecule has 6 nitrogen and oxygen atoms in total. The third-order valence-corrected chi connectivity index (χ3v) is 5.89. The molecular formula is C23H27NO5. The molecule has 3 aliphatic heterocycles. The molecular weight excluding hydrogens is 370 g/mol. The van der Waals surface area contributed by atoms with Gasteiger partial charge >= 0.3 is 0 Å². The molecule has 3 heterocycles. The Morgan fingerprint density at radius 2 is 1.52 bits per heavy atom. The number of epoxide rings is 3. The van der Waals surface area contributed by atoms with Crippen LogP contribution in [0.15, 0.2) is 36.4 Å². The lowest BCUT2D eigenvalue weighted by Gasteiger charge is -2.28. The SMILES string of the molecule is CC1(COc2ccc3ccccc3c2C(=O)N(CC2(C)CO2)CC2(C)CO2)CO1. The second-order valence-electron chi connectivity index (χ2n) is 9.33. The number of amides is 1. The Hall–Kier alpha value is -2.15. The monoisotopic (exact) mass is 397 g/mol. The van der Waals surface area contributed by atoms with Gasteiger partial charge in [-0.3, -0.25) is 4.79 Å². The number of fused-ring (bicyclic) bond motifs is 1. The first-order chi connectivity index (χ1) is 13.8. The summed E-state index contributed by atoms with van der Waals surface area (Å²) in [4.78, 5) is 15.7. The van der Waals surface area contributed by atoms with E-state index in [9.17, 15) is 4.79 Å². The van der Waals surface area contributed by atoms with Gasteiger partial charge in [-0.1, -0.05) is 30.3 Å². The Kier molecular flexibility index (Phi) is 4.18. The van der Waals surface area contributed by atoms with E-state index < -0.39 is 0 Å². The van der Waals surface area contributed by atoms with Crippen molar-refractivity contribution in [2.24, 2.45) is 0 Å². The van der Waals surface area contributed by atoms with E-state index in [-0.39, 0.29) is 22.7 Å². The highest BCUT2D eigenvalue weighted by Crippen LogP contribution is 2.36. The van der Waals surface area contributed by atoms with Crippen molar-refractivity contribution < 1.29 is 23.7 Å². The zero-order valence-electron chi connectivity index (χ0n) is 17.2. The molecule has 0 spiro atoms. The van der Waals surface area contributed by atoms with Gasteiger partial charge in [0, 0.05) is 0 Å². The smallest absolute Gasteiger partial charge is 0.258 e. The van der Waals surface area contributed by atoms with Gasteiger partial charge < -0.3 is 23.8 Å². The number of ether oxygens (including phenoxy) is 4. The van der Waals surface area contributed by atoms with Gasteiger partial charge in [-0.25, -0.2) is 0 Å². The largest absolute Gasteiger partial charge is 0.490 e. The maximum absolute atomic E-state index is 13.8. The van der Waals surface area contributed by atoms with Gasteiger partial charge in [0.25, 0.3) is 5.91 Å². The molecule has 3 fully saturated rings. The van der Waals surface area contributed by atoms with Gasteiger partial charge in [-0.2, -0.15) is 0 Å². The van der Waals surface area contributed by atoms with Crippen LogP contribution < -0.4 is 4.74 Å². The molecule has 0 saturated carbocycles. The first kappa shape index (κ1) is 18.9. The van der Waals surface area contributed by atoms with E-state index in [1.54, 1.807) is 0 Å². The Morgan fingerprint density at radius 3 is 2.10 bits per heavy atom. The maximum atomic E-state index is 13.8. The first-order valence-corrected chi connectivity index (χ1v) is 10.1. The minimum Gasteiger partial charge on any atom is -0.490 e. The van der Waals surface area contributed by atoms with Crippen LogP contribution in [0.5, 0.6) is 5.75 Å². The predicted octanol–water partition coefficient (Wildman–Crippen LogP) is 3.03. The maximum Gasteiger partial charge on any atom is 0.258 e. The highest BCUT2D eigenvalue weighted by molar-refractivity contribution is 6.09. The van der Waals surface area contributed by atoms with Crippen LogP contribution >= 0.6 is 0 Å². The normalized spacial score (nSPS) is 32.1. The summed E-state index contributed by atoms with van der Waals surface area (Å²) < 4.78 is 22.7. The average Bonchev–Trinajstić information content (AvgIpc) is 3.64. The van der Waals surface area contributed by atoms with Gasteiger partial charge in [0.05, 0.1) is 38.5 Å². The molecule has 6 heteroatoms. The Bertz CT molecular complexity index is 939. The van der Waals surface area contributed by atoms with Crippen LogP contribution in [0.4, 0.5) is 0 Å². The van der Waals surface area contributed by atoms with E-state index in [0.29, 0.717) is 50.8 Å². The fourth-order valence-electron chi connectivity index (χ4n) is 3.62. The average molecular weight is 397 g/mol. The second kappa shape index (κ2) is 6.42. The molecule has 0 aliphatic carbocycles. The summed E-state index contributed by atoms with van der Waals surface area (Å²) in [6, 6.07) is 11.8. The molecule has 1 amide bonds. The molecule has 2 aromatic carbocycles. The van der Waals surface area contributed by atoms with Gasteiger partial charge in [0.15, 0.2) is 0 Å². The summed E-state index contributed by atoms with van der Waals surface area (Å²) in [5, 5.41) is 1.91. The number of carbonyl (C=O) groups is 1. The molecule has 3 saturated heterocycles. The van der Waals surface area contributed by atoms with E-state index in [1.807, 2.05) is 62.1 Å². The van der Waals surface area contributed by atoms with Crippen molar-refractivity contribution in [2.45, 2.75) is 37.6 Å². The van der Waals surface area contributed by atoms with E-state index in [0.717, 1.165) is 10.8 Å². The molecule has 154 valence electrons. The van der Waals surface area contributed by atoms with Gasteiger partial charge in [0.2, 0.25) is 0 Å². The standard InChI is InChI=1S/C23H27NO5/c1-21(13-27-21)10-24(11-22(2)14-28-22)20(25)19-17-7-5-4-6-16(17)8-9-18(19)26-12-23(3)15-29-23/h4-9H,10-15H2,1-3H3. The summed E-state index contributed by atoms with van der Waals surface area (Å²) in [5.74, 6) is 0.547. The number of rotatable bonds is 8. The van der Waals surface area contributed by atoms with Gasteiger partial charge in [0.1, 0.15) is 29.2 Å². The Balaban J connectivity index is 1.51. The topological polar surface area (TPSA) is 67.1 Å². The van der Waals surface area contributed by atoms with Crippen LogP contribution in [0.1, 0.15) is 31.1 Å².